The number of ether oxygens (including phenoxy) is 2. The van der Waals surface area contributed by atoms with Crippen molar-refractivity contribution in [2.45, 2.75) is 37.7 Å². The summed E-state index contributed by atoms with van der Waals surface area (Å²) >= 11 is 4.44. The van der Waals surface area contributed by atoms with E-state index in [9.17, 15) is 4.79 Å². The molecule has 1 atom stereocenters. The second-order valence-corrected chi connectivity index (χ2v) is 7.33. The highest BCUT2D eigenvalue weighted by atomic mass is 32.1. The predicted molar refractivity (Wildman–Crippen MR) is 98.4 cm³/mol. The van der Waals surface area contributed by atoms with Crippen LogP contribution in [0.1, 0.15) is 44.0 Å². The van der Waals surface area contributed by atoms with Crippen LogP contribution in [0.25, 0.3) is 0 Å². The fourth-order valence-electron chi connectivity index (χ4n) is 2.94. The molecule has 0 spiro atoms. The van der Waals surface area contributed by atoms with Crippen molar-refractivity contribution in [2.24, 2.45) is 0 Å². The maximum Gasteiger partial charge on any atom is 0.306 e. The first-order valence-electron chi connectivity index (χ1n) is 7.96. The van der Waals surface area contributed by atoms with Crippen LogP contribution in [0.3, 0.4) is 0 Å². The molecule has 2 aromatic rings. The van der Waals surface area contributed by atoms with E-state index in [1.165, 1.54) is 6.92 Å². The van der Waals surface area contributed by atoms with Crippen LogP contribution in [0.4, 0.5) is 0 Å². The van der Waals surface area contributed by atoms with Gasteiger partial charge in [0.25, 0.3) is 0 Å². The van der Waals surface area contributed by atoms with E-state index in [4.69, 9.17) is 9.47 Å². The first kappa shape index (κ1) is 17.4. The molecule has 0 saturated heterocycles. The van der Waals surface area contributed by atoms with Crippen molar-refractivity contribution in [2.75, 3.05) is 0 Å². The van der Waals surface area contributed by atoms with Gasteiger partial charge in [0.15, 0.2) is 0 Å². The Morgan fingerprint density at radius 3 is 2.76 bits per heavy atom. The van der Waals surface area contributed by atoms with Crippen LogP contribution < -0.4 is 4.74 Å². The smallest absolute Gasteiger partial charge is 0.306 e. The molecule has 0 saturated carbocycles. The molecule has 0 amide bonds. The Hall–Kier alpha value is -2.45. The minimum Gasteiger partial charge on any atom is -0.443 e. The lowest BCUT2D eigenvalue weighted by molar-refractivity contribution is -0.174. The Kier molecular flexibility index (Phi) is 4.49. The molecule has 2 heterocycles. The zero-order valence-electron chi connectivity index (χ0n) is 14.4. The Morgan fingerprint density at radius 2 is 2.08 bits per heavy atom. The Labute approximate surface area is 153 Å². The first-order chi connectivity index (χ1) is 11.8. The maximum atomic E-state index is 11.3. The van der Waals surface area contributed by atoms with E-state index in [0.29, 0.717) is 12.2 Å². The van der Waals surface area contributed by atoms with Crippen molar-refractivity contribution >= 4 is 18.6 Å². The number of hydrogen-bond acceptors (Lipinski definition) is 5. The second-order valence-electron chi connectivity index (χ2n) is 6.64. The van der Waals surface area contributed by atoms with E-state index >= 15 is 0 Å². The van der Waals surface area contributed by atoms with Gasteiger partial charge in [-0.25, -0.2) is 4.98 Å². The highest BCUT2D eigenvalue weighted by molar-refractivity contribution is 7.81. The fourth-order valence-corrected chi connectivity index (χ4v) is 3.56. The third-order valence-corrected chi connectivity index (χ3v) is 4.29. The molecule has 1 aromatic carbocycles. The molecular weight excluding hydrogens is 334 g/mol. The van der Waals surface area contributed by atoms with Crippen LogP contribution in [0, 0.1) is 11.8 Å². The van der Waals surface area contributed by atoms with Gasteiger partial charge in [-0.1, -0.05) is 38.5 Å². The summed E-state index contributed by atoms with van der Waals surface area (Å²) in [5.41, 5.74) is 2.32. The average Bonchev–Trinajstić information content (AvgIpc) is 2.52. The van der Waals surface area contributed by atoms with Crippen molar-refractivity contribution in [3.63, 3.8) is 0 Å². The van der Waals surface area contributed by atoms with Crippen molar-refractivity contribution in [1.29, 1.82) is 0 Å². The molecule has 1 aromatic heterocycles. The summed E-state index contributed by atoms with van der Waals surface area (Å²) in [7, 11) is 0. The summed E-state index contributed by atoms with van der Waals surface area (Å²) in [6.07, 6.45) is 2.15. The molecule has 0 aliphatic carbocycles. The van der Waals surface area contributed by atoms with Gasteiger partial charge in [-0.15, -0.1) is 0 Å². The number of nitrogens with zero attached hydrogens (tertiary/aromatic N) is 1. The molecule has 1 aliphatic heterocycles. The summed E-state index contributed by atoms with van der Waals surface area (Å²) in [4.78, 5) is 15.5. The van der Waals surface area contributed by atoms with Crippen molar-refractivity contribution in [3.8, 4) is 17.6 Å². The number of benzene rings is 1. The van der Waals surface area contributed by atoms with E-state index in [2.05, 4.69) is 43.3 Å². The number of hydrogen-bond donors (Lipinski definition) is 1. The zero-order chi connectivity index (χ0) is 18.1. The topological polar surface area (TPSA) is 48.4 Å². The Bertz CT molecular complexity index is 868. The average molecular weight is 353 g/mol. The van der Waals surface area contributed by atoms with E-state index in [1.54, 1.807) is 6.20 Å². The quantitative estimate of drug-likeness (QED) is 0.368. The zero-order valence-corrected chi connectivity index (χ0v) is 15.3. The van der Waals surface area contributed by atoms with Gasteiger partial charge in [0.1, 0.15) is 11.4 Å². The number of rotatable bonds is 1. The first-order valence-corrected chi connectivity index (χ1v) is 8.41. The van der Waals surface area contributed by atoms with Gasteiger partial charge >= 0.3 is 11.1 Å². The molecule has 5 heteroatoms. The van der Waals surface area contributed by atoms with Crippen LogP contribution >= 0.6 is 12.6 Å². The van der Waals surface area contributed by atoms with Gasteiger partial charge in [-0.05, 0) is 36.3 Å². The largest absolute Gasteiger partial charge is 0.443 e. The minimum atomic E-state index is -1.26. The third-order valence-electron chi connectivity index (χ3n) is 3.95. The van der Waals surface area contributed by atoms with Gasteiger partial charge in [-0.3, -0.25) is 4.79 Å². The SMILES string of the molecule is CC(=O)OC1(S)CC(C)(C)c2cc(C#Cc3ccccn3)ccc2O1. The molecule has 128 valence electrons. The Morgan fingerprint density at radius 1 is 1.28 bits per heavy atom. The van der Waals surface area contributed by atoms with Crippen LogP contribution in [-0.4, -0.2) is 16.1 Å². The van der Waals surface area contributed by atoms with Crippen LogP contribution in [0.5, 0.6) is 5.75 Å². The summed E-state index contributed by atoms with van der Waals surface area (Å²) in [5, 5.41) is -1.26. The highest BCUT2D eigenvalue weighted by Crippen LogP contribution is 2.47. The molecule has 4 nitrogen and oxygen atoms in total. The van der Waals surface area contributed by atoms with Crippen LogP contribution in [-0.2, 0) is 14.9 Å². The number of thiol groups is 1. The predicted octanol–water partition coefficient (Wildman–Crippen LogP) is 3.69. The molecule has 25 heavy (non-hydrogen) atoms. The highest BCUT2D eigenvalue weighted by Gasteiger charge is 2.45. The van der Waals surface area contributed by atoms with Gasteiger partial charge in [0.2, 0.25) is 0 Å². The van der Waals surface area contributed by atoms with Gasteiger partial charge in [0.05, 0.1) is 0 Å². The lowest BCUT2D eigenvalue weighted by Crippen LogP contribution is -2.44. The summed E-state index contributed by atoms with van der Waals surface area (Å²) in [6.45, 7) is 5.48. The lowest BCUT2D eigenvalue weighted by Gasteiger charge is -2.42. The molecular formula is C20H19NO3S. The molecule has 1 aliphatic rings. The molecule has 1 unspecified atom stereocenters. The monoisotopic (exact) mass is 353 g/mol. The van der Waals surface area contributed by atoms with Gasteiger partial charge in [0, 0.05) is 36.1 Å². The Balaban J connectivity index is 1.93. The van der Waals surface area contributed by atoms with Gasteiger partial charge in [-0.2, -0.15) is 0 Å². The number of fused-ring (bicyclic) bond motifs is 1. The van der Waals surface area contributed by atoms with Crippen molar-refractivity contribution < 1.29 is 14.3 Å². The molecule has 0 bridgehead atoms. The summed E-state index contributed by atoms with van der Waals surface area (Å²) in [5.74, 6) is 6.41. The van der Waals surface area contributed by atoms with E-state index < -0.39 is 11.1 Å². The van der Waals surface area contributed by atoms with Crippen LogP contribution in [0.15, 0.2) is 42.6 Å². The van der Waals surface area contributed by atoms with Crippen molar-refractivity contribution in [3.05, 3.63) is 59.4 Å². The minimum absolute atomic E-state index is 0.284. The fraction of sp³-hybridized carbons (Fsp3) is 0.300. The van der Waals surface area contributed by atoms with E-state index in [-0.39, 0.29) is 5.41 Å². The van der Waals surface area contributed by atoms with E-state index in [1.807, 2.05) is 36.4 Å². The van der Waals surface area contributed by atoms with E-state index in [0.717, 1.165) is 16.8 Å². The third kappa shape index (κ3) is 3.97. The lowest BCUT2D eigenvalue weighted by atomic mass is 9.78. The number of esters is 1. The molecule has 0 fully saturated rings. The standard InChI is InChI=1S/C20H19NO3S/c1-14(22)23-20(25)13-19(2,3)17-12-15(8-10-18(17)24-20)7-9-16-6-4-5-11-21-16/h4-6,8,10-12,25H,13H2,1-3H3. The normalized spacial score (nSPS) is 20.5. The van der Waals surface area contributed by atoms with Crippen molar-refractivity contribution in [1.82, 2.24) is 4.98 Å². The number of aromatic nitrogens is 1. The molecule has 0 N–H and O–H groups in total. The number of pyridine rings is 1. The second kappa shape index (κ2) is 6.45. The summed E-state index contributed by atoms with van der Waals surface area (Å²) in [6, 6.07) is 11.4. The maximum absolute atomic E-state index is 11.3. The van der Waals surface area contributed by atoms with Gasteiger partial charge < -0.3 is 9.47 Å². The summed E-state index contributed by atoms with van der Waals surface area (Å²) < 4.78 is 11.1. The molecule has 3 rings (SSSR count). The van der Waals surface area contributed by atoms with Crippen LogP contribution in [0.2, 0.25) is 0 Å². The number of carbonyl (C=O) groups is 1. The number of carbonyl (C=O) groups excluding carboxylic acids is 1. The molecule has 0 radical (unpaired) electrons.